The Morgan fingerprint density at radius 1 is 0.532 bits per heavy atom. The van der Waals surface area contributed by atoms with Gasteiger partial charge in [-0.2, -0.15) is 27.8 Å². The van der Waals surface area contributed by atoms with Gasteiger partial charge < -0.3 is 86.7 Å². The number of methoxy groups -OCH3 is 4. The number of allylic oxidation sites excluding steroid dienone is 1. The molecule has 0 radical (unpaired) electrons. The lowest BCUT2D eigenvalue weighted by molar-refractivity contribution is -0.137. The zero-order valence-corrected chi connectivity index (χ0v) is 88.5. The van der Waals surface area contributed by atoms with Gasteiger partial charge in [-0.05, 0) is 317 Å². The summed E-state index contributed by atoms with van der Waals surface area (Å²) in [6.45, 7) is 28.6. The number of aromatic hydroxyl groups is 1. The molecule has 14 rings (SSSR count). The van der Waals surface area contributed by atoms with Crippen molar-refractivity contribution in [3.63, 3.8) is 0 Å². The van der Waals surface area contributed by atoms with Crippen molar-refractivity contribution in [2.75, 3.05) is 75.3 Å². The number of amides is 2. The second-order valence-electron chi connectivity index (χ2n) is 32.8. The van der Waals surface area contributed by atoms with E-state index < -0.39 is 60.1 Å². The van der Waals surface area contributed by atoms with Crippen molar-refractivity contribution < 1.29 is 114 Å². The van der Waals surface area contributed by atoms with Crippen LogP contribution in [0.4, 0.5) is 27.2 Å². The van der Waals surface area contributed by atoms with Gasteiger partial charge in [0.05, 0.1) is 63.5 Å². The molecule has 0 unspecified atom stereocenters. The first kappa shape index (κ1) is 119. The van der Waals surface area contributed by atoms with Gasteiger partial charge in [0, 0.05) is 92.7 Å². The van der Waals surface area contributed by atoms with Crippen LogP contribution < -0.4 is 38.6 Å². The lowest BCUT2D eigenvalue weighted by atomic mass is 9.80. The minimum Gasteiger partial charge on any atom is -0.505 e. The van der Waals surface area contributed by atoms with Crippen molar-refractivity contribution in [3.05, 3.63) is 260 Å². The standard InChI is InChI=1S/C28H29FN4O4.C15H19BrN4O2.C13H12BFO4.C13H10BrFO2.C9H21BO3.C7H7FO2.C6H4BrI.C4H9NO2.C3H3ClO.ClH/c1-28(2,3)37-27(34)32-15-13-19(17-32)33-22-12-14-30-16-21(22)26(31-33)18-8-10-20(11-9-18)36-24-7-5-6-23(35-4)25(24)29;1-15(2,3)22-14(21)19-7-5-10(9-19)20-12-4-6-17-8-11(12)13(16)18-20;1-18-11-3-2-4-12(13(11)15)19-10-7-5-9(6-8-10)14(16)17;1-16-11-3-2-4-12(13(11)15)17-10-7-5-9(14)6-8-10;1-7(2)11-10(12-8(3)4)13-9(5)6;1-10-6-4-2-3-5(9)7(6)8;7-5-1-3-6(8)4-2-5;1-5(2)3-4(6)7;1-2-3(4)5;/h5-12,14,16,19H,13,15,17H2,1-4H3;4,6,8,10H,5,7,9H2,1-3H3;2-8,16-17H,1H3;2-8H,1H3;7-9H,1-6H3;2-4,9H,1H3;1-4H;3H2,1-2H3,(H,6,7);2H,1H2;1H/t19-;10-;;;;;;;;/m11......../s1. The van der Waals surface area contributed by atoms with E-state index in [1.165, 1.54) is 92.7 Å². The average Bonchev–Trinajstić information content (AvgIpc) is 1.62. The maximum atomic E-state index is 14.5. The van der Waals surface area contributed by atoms with Gasteiger partial charge in [0.1, 0.15) is 38.7 Å². The van der Waals surface area contributed by atoms with Crippen molar-refractivity contribution in [3.8, 4) is 74.5 Å². The Balaban J connectivity index is 0.000000293. The lowest BCUT2D eigenvalue weighted by Crippen LogP contribution is -2.35. The predicted molar refractivity (Wildman–Crippen MR) is 551 cm³/mol. The van der Waals surface area contributed by atoms with Crippen LogP contribution in [-0.4, -0.2) is 207 Å². The van der Waals surface area contributed by atoms with Crippen LogP contribution in [0.3, 0.4) is 0 Å². The summed E-state index contributed by atoms with van der Waals surface area (Å²) >= 11 is 17.1. The molecule has 41 heteroatoms. The summed E-state index contributed by atoms with van der Waals surface area (Å²) in [6.07, 6.45) is 9.55. The predicted octanol–water partition coefficient (Wildman–Crippen LogP) is 23.1. The Morgan fingerprint density at radius 2 is 0.878 bits per heavy atom. The molecule has 4 aromatic heterocycles. The Kier molecular flexibility index (Phi) is 50.4. The number of aromatic nitrogens is 6. The van der Waals surface area contributed by atoms with Crippen LogP contribution in [0.5, 0.6) is 63.2 Å². The fraction of sp³-hybridized carbons (Fsp3) is 0.327. The average molecular weight is 2270 g/mol. The number of phenolic OH excluding ortho intramolecular Hbond substituents is 1. The summed E-state index contributed by atoms with van der Waals surface area (Å²) in [7, 11) is 6.90. The van der Waals surface area contributed by atoms with Crippen molar-refractivity contribution in [1.29, 1.82) is 0 Å². The molecule has 0 spiro atoms. The summed E-state index contributed by atoms with van der Waals surface area (Å²) in [4.78, 5) is 57.5. The van der Waals surface area contributed by atoms with Crippen molar-refractivity contribution in [2.45, 2.75) is 138 Å². The van der Waals surface area contributed by atoms with E-state index in [1.807, 2.05) is 141 Å². The van der Waals surface area contributed by atoms with Crippen LogP contribution >= 0.6 is 94.4 Å². The SMILES string of the molecule is Brc1ccc(I)cc1.C=CC(=O)Cl.CC(C)(C)OC(=O)N1CC[C@@H](n2nc(Br)c3cnccc32)C1.CC(C)OB(OC(C)C)OC(C)C.CN(C)CC(=O)O.COc1cccc(O)c1F.COc1cccc(Oc2ccc(-c3nn([C@@H]4CCN(C(=O)OC(C)(C)C)C4)c4ccncc34)cc2)c1F.COc1cccc(Oc2ccc(B(O)O)cc2)c1F.COc1cccc(Oc2ccc(Br)cc2)c1F.Cl. The van der Waals surface area contributed by atoms with Crippen molar-refractivity contribution >= 4 is 159 Å². The molecule has 2 atom stereocenters. The lowest BCUT2D eigenvalue weighted by Gasteiger charge is -2.24. The van der Waals surface area contributed by atoms with E-state index in [9.17, 15) is 36.7 Å². The third-order valence-corrected chi connectivity index (χ3v) is 20.8. The summed E-state index contributed by atoms with van der Waals surface area (Å²) in [5.41, 5.74) is 2.94. The number of carboxylic acids is 1. The highest BCUT2D eigenvalue weighted by atomic mass is 127. The van der Waals surface area contributed by atoms with E-state index in [-0.39, 0.29) is 108 Å². The van der Waals surface area contributed by atoms with Crippen LogP contribution in [0, 0.1) is 26.8 Å². The maximum absolute atomic E-state index is 14.5. The summed E-state index contributed by atoms with van der Waals surface area (Å²) in [6, 6.07) is 51.1. The highest BCUT2D eigenvalue weighted by molar-refractivity contribution is 14.1. The van der Waals surface area contributed by atoms with Gasteiger partial charge in [-0.1, -0.05) is 74.8 Å². The minimum atomic E-state index is -1.54. The Morgan fingerprint density at radius 3 is 1.22 bits per heavy atom. The van der Waals surface area contributed by atoms with Crippen LogP contribution in [0.2, 0.25) is 0 Å². The first-order valence-electron chi connectivity index (χ1n) is 42.9. The molecule has 0 aliphatic carbocycles. The molecule has 12 aromatic rings. The van der Waals surface area contributed by atoms with E-state index in [1.54, 1.807) is 114 Å². The first-order valence-corrected chi connectivity index (χ1v) is 46.8. The third-order valence-electron chi connectivity index (χ3n) is 18.3. The third kappa shape index (κ3) is 40.7. The minimum absolute atomic E-state index is 0. The number of aliphatic carboxylic acids is 1. The number of halogens is 10. The number of carboxylic acid groups (broad SMARTS) is 1. The number of phenols is 1. The van der Waals surface area contributed by atoms with E-state index in [0.29, 0.717) is 48.9 Å². The molecule has 29 nitrogen and oxygen atoms in total. The fourth-order valence-electron chi connectivity index (χ4n) is 12.1. The van der Waals surface area contributed by atoms with E-state index in [4.69, 9.17) is 88.8 Å². The van der Waals surface area contributed by atoms with E-state index >= 15 is 0 Å². The largest absolute Gasteiger partial charge is 0.639 e. The summed E-state index contributed by atoms with van der Waals surface area (Å²) in [5.74, 6) is -1.38. The number of benzene rings is 8. The molecule has 6 heterocycles. The number of ether oxygens (including phenoxy) is 9. The molecular formula is C98H115B2Br3Cl2F4IN9O20. The van der Waals surface area contributed by atoms with Crippen molar-refractivity contribution in [2.24, 2.45) is 0 Å². The molecule has 748 valence electrons. The van der Waals surface area contributed by atoms with E-state index in [0.717, 1.165) is 65.5 Å². The van der Waals surface area contributed by atoms with Crippen LogP contribution in [0.1, 0.15) is 108 Å². The molecule has 2 amide bonds. The summed E-state index contributed by atoms with van der Waals surface area (Å²) < 4.78 is 126. The zero-order valence-electron chi connectivity index (χ0n) is 80.1. The number of hydrogen-bond acceptors (Lipinski definition) is 24. The second kappa shape index (κ2) is 59.0. The number of nitrogens with zero attached hydrogens (tertiary/aromatic N) is 9. The van der Waals surface area contributed by atoms with Crippen molar-refractivity contribution in [1.82, 2.24) is 44.2 Å². The molecular weight excluding hydrogens is 2160 g/mol. The molecule has 4 N–H and O–H groups in total. The highest BCUT2D eigenvalue weighted by Crippen LogP contribution is 2.38. The highest BCUT2D eigenvalue weighted by Gasteiger charge is 2.35. The van der Waals surface area contributed by atoms with Gasteiger partial charge in [-0.15, -0.1) is 12.4 Å². The van der Waals surface area contributed by atoms with Crippen LogP contribution in [0.25, 0.3) is 33.1 Å². The molecule has 2 fully saturated rings. The van der Waals surface area contributed by atoms with Gasteiger partial charge in [0.25, 0.3) is 0 Å². The smallest absolute Gasteiger partial charge is 0.505 e. The summed E-state index contributed by atoms with van der Waals surface area (Å²) in [5, 5.41) is 45.6. The van der Waals surface area contributed by atoms with Gasteiger partial charge >= 0.3 is 32.6 Å². The number of fused-ring (bicyclic) bond motifs is 2. The molecule has 139 heavy (non-hydrogen) atoms. The van der Waals surface area contributed by atoms with Crippen LogP contribution in [0.15, 0.2) is 233 Å². The van der Waals surface area contributed by atoms with Gasteiger partial charge in [0.2, 0.25) is 28.5 Å². The van der Waals surface area contributed by atoms with Gasteiger partial charge in [-0.3, -0.25) is 33.8 Å². The zero-order chi connectivity index (χ0) is 102. The number of likely N-dealkylation sites (N-methyl/N-ethyl adjacent to an activating group) is 1. The number of carbonyl (C=O) groups is 4. The van der Waals surface area contributed by atoms with Gasteiger partial charge in [-0.25, -0.2) is 9.59 Å². The monoisotopic (exact) mass is 2270 g/mol. The Hall–Kier alpha value is -10.8. The first-order chi connectivity index (χ1) is 65.2. The quantitative estimate of drug-likeness (QED) is 0.0152. The number of hydrogen-bond donors (Lipinski definition) is 4. The Labute approximate surface area is 857 Å². The number of rotatable bonds is 23. The molecule has 0 saturated carbocycles. The van der Waals surface area contributed by atoms with Gasteiger partial charge in [0.15, 0.2) is 46.0 Å². The maximum Gasteiger partial charge on any atom is 0.639 e. The molecule has 0 bridgehead atoms. The van der Waals surface area contributed by atoms with E-state index in [2.05, 4.69) is 109 Å². The number of carbonyl (C=O) groups excluding carboxylic acids is 3. The Bertz CT molecular complexity index is 5800. The number of likely N-dealkylation sites (tertiary alicyclic amines) is 2. The number of pyridine rings is 2. The second-order valence-corrected chi connectivity index (χ2v) is 37.0. The molecule has 2 saturated heterocycles. The molecule has 8 aromatic carbocycles. The normalized spacial score (nSPS) is 12.8. The molecule has 2 aliphatic rings. The topological polar surface area (TPSA) is 331 Å². The molecule has 2 aliphatic heterocycles. The van der Waals surface area contributed by atoms with Crippen LogP contribution in [-0.2, 0) is 33.0 Å². The fourth-order valence-corrected chi connectivity index (χ4v) is 13.5.